The Labute approximate surface area is 137 Å². The van der Waals surface area contributed by atoms with E-state index in [9.17, 15) is 4.79 Å². The smallest absolute Gasteiger partial charge is 0.236 e. The molecule has 1 aliphatic heterocycles. The van der Waals surface area contributed by atoms with Crippen molar-refractivity contribution in [1.82, 2.24) is 10.2 Å². The van der Waals surface area contributed by atoms with Crippen molar-refractivity contribution in [2.24, 2.45) is 0 Å². The zero-order valence-electron chi connectivity index (χ0n) is 14.1. The number of hydrogen-bond donors (Lipinski definition) is 1. The molecule has 1 aromatic carbocycles. The van der Waals surface area contributed by atoms with Gasteiger partial charge in [0, 0.05) is 38.4 Å². The highest BCUT2D eigenvalue weighted by molar-refractivity contribution is 5.78. The molecule has 0 radical (unpaired) electrons. The minimum absolute atomic E-state index is 0.0425. The van der Waals surface area contributed by atoms with Gasteiger partial charge in [0.05, 0.1) is 26.9 Å². The number of carbonyl (C=O) groups is 1. The van der Waals surface area contributed by atoms with E-state index in [1.165, 1.54) is 0 Å². The molecule has 6 heteroatoms. The average molecular weight is 322 g/mol. The van der Waals surface area contributed by atoms with Crippen molar-refractivity contribution in [3.63, 3.8) is 0 Å². The van der Waals surface area contributed by atoms with Gasteiger partial charge in [-0.05, 0) is 25.0 Å². The summed E-state index contributed by atoms with van der Waals surface area (Å²) in [5.74, 6) is 1.50. The molecule has 6 nitrogen and oxygen atoms in total. The van der Waals surface area contributed by atoms with E-state index >= 15 is 0 Å². The Hall–Kier alpha value is -1.79. The summed E-state index contributed by atoms with van der Waals surface area (Å²) in [5, 5.41) is 3.17. The molecule has 1 saturated heterocycles. The molecule has 2 rings (SSSR count). The van der Waals surface area contributed by atoms with Crippen LogP contribution in [-0.2, 0) is 16.1 Å². The third-order valence-corrected chi connectivity index (χ3v) is 4.00. The normalized spacial score (nSPS) is 17.1. The van der Waals surface area contributed by atoms with E-state index in [0.717, 1.165) is 43.1 Å². The lowest BCUT2D eigenvalue weighted by atomic mass is 10.1. The highest BCUT2D eigenvalue weighted by Crippen LogP contribution is 2.25. The molecule has 0 aliphatic carbocycles. The maximum absolute atomic E-state index is 12.2. The van der Waals surface area contributed by atoms with Crippen LogP contribution in [0.3, 0.4) is 0 Å². The van der Waals surface area contributed by atoms with E-state index in [1.807, 2.05) is 18.2 Å². The highest BCUT2D eigenvalue weighted by Gasteiger charge is 2.16. The molecule has 0 saturated carbocycles. The molecule has 1 aromatic rings. The summed E-state index contributed by atoms with van der Waals surface area (Å²) < 4.78 is 16.1. The van der Waals surface area contributed by atoms with Gasteiger partial charge < -0.3 is 24.4 Å². The number of likely N-dealkylation sites (N-methyl/N-ethyl adjacent to an activating group) is 1. The Kier molecular flexibility index (Phi) is 6.67. The van der Waals surface area contributed by atoms with Gasteiger partial charge in [-0.3, -0.25) is 4.79 Å². The summed E-state index contributed by atoms with van der Waals surface area (Å²) in [5.41, 5.74) is 0.947. The Bertz CT molecular complexity index is 515. The van der Waals surface area contributed by atoms with Gasteiger partial charge in [0.25, 0.3) is 0 Å². The first-order chi connectivity index (χ1) is 11.1. The van der Waals surface area contributed by atoms with E-state index in [4.69, 9.17) is 14.2 Å². The fourth-order valence-electron chi connectivity index (χ4n) is 2.61. The SMILES string of the molecule is COc1ccc(CN(C)C(=O)CNCC2CCCO2)c(OC)c1. The molecule has 1 atom stereocenters. The van der Waals surface area contributed by atoms with Gasteiger partial charge in [0.2, 0.25) is 5.91 Å². The second-order valence-electron chi connectivity index (χ2n) is 5.69. The van der Waals surface area contributed by atoms with Crippen LogP contribution in [0.15, 0.2) is 18.2 Å². The van der Waals surface area contributed by atoms with Crippen LogP contribution in [0.25, 0.3) is 0 Å². The summed E-state index contributed by atoms with van der Waals surface area (Å²) in [7, 11) is 5.02. The summed E-state index contributed by atoms with van der Waals surface area (Å²) in [6, 6.07) is 5.61. The lowest BCUT2D eigenvalue weighted by Gasteiger charge is -2.20. The molecule has 1 heterocycles. The fourth-order valence-corrected chi connectivity index (χ4v) is 2.61. The number of nitrogens with zero attached hydrogens (tertiary/aromatic N) is 1. The molecular formula is C17H26N2O4. The number of methoxy groups -OCH3 is 2. The number of rotatable bonds is 8. The third kappa shape index (κ3) is 5.11. The van der Waals surface area contributed by atoms with Gasteiger partial charge in [-0.2, -0.15) is 0 Å². The minimum Gasteiger partial charge on any atom is -0.497 e. The van der Waals surface area contributed by atoms with Crippen molar-refractivity contribution < 1.29 is 19.0 Å². The molecular weight excluding hydrogens is 296 g/mol. The molecule has 1 N–H and O–H groups in total. The second-order valence-corrected chi connectivity index (χ2v) is 5.69. The van der Waals surface area contributed by atoms with Crippen molar-refractivity contribution in [3.8, 4) is 11.5 Å². The number of hydrogen-bond acceptors (Lipinski definition) is 5. The topological polar surface area (TPSA) is 60.0 Å². The standard InChI is InChI=1S/C17H26N2O4/c1-19(17(20)11-18-10-15-5-4-8-23-15)12-13-6-7-14(21-2)9-16(13)22-3/h6-7,9,15,18H,4-5,8,10-12H2,1-3H3. The van der Waals surface area contributed by atoms with Gasteiger partial charge in [0.15, 0.2) is 0 Å². The van der Waals surface area contributed by atoms with Crippen molar-refractivity contribution in [3.05, 3.63) is 23.8 Å². The van der Waals surface area contributed by atoms with Gasteiger partial charge in [0.1, 0.15) is 11.5 Å². The van der Waals surface area contributed by atoms with Crippen LogP contribution in [0.2, 0.25) is 0 Å². The zero-order chi connectivity index (χ0) is 16.7. The predicted octanol–water partition coefficient (Wildman–Crippen LogP) is 1.43. The van der Waals surface area contributed by atoms with Crippen LogP contribution in [0.4, 0.5) is 0 Å². The van der Waals surface area contributed by atoms with Gasteiger partial charge >= 0.3 is 0 Å². The van der Waals surface area contributed by atoms with E-state index in [2.05, 4.69) is 5.32 Å². The molecule has 1 fully saturated rings. The largest absolute Gasteiger partial charge is 0.497 e. The first kappa shape index (κ1) is 17.6. The molecule has 1 aliphatic rings. The number of benzene rings is 1. The Morgan fingerprint density at radius 3 is 2.87 bits per heavy atom. The maximum atomic E-state index is 12.2. The van der Waals surface area contributed by atoms with Crippen molar-refractivity contribution >= 4 is 5.91 Å². The summed E-state index contributed by atoms with van der Waals surface area (Å²) in [6.07, 6.45) is 2.42. The Balaban J connectivity index is 1.82. The molecule has 23 heavy (non-hydrogen) atoms. The van der Waals surface area contributed by atoms with Crippen LogP contribution in [0.1, 0.15) is 18.4 Å². The first-order valence-electron chi connectivity index (χ1n) is 7.91. The van der Waals surface area contributed by atoms with Crippen molar-refractivity contribution in [1.29, 1.82) is 0 Å². The lowest BCUT2D eigenvalue weighted by molar-refractivity contribution is -0.129. The van der Waals surface area contributed by atoms with Crippen molar-refractivity contribution in [2.75, 3.05) is 41.0 Å². The molecule has 1 unspecified atom stereocenters. The zero-order valence-corrected chi connectivity index (χ0v) is 14.1. The van der Waals surface area contributed by atoms with E-state index in [1.54, 1.807) is 26.2 Å². The molecule has 1 amide bonds. The number of ether oxygens (including phenoxy) is 3. The van der Waals surface area contributed by atoms with Crippen LogP contribution >= 0.6 is 0 Å². The monoisotopic (exact) mass is 322 g/mol. The van der Waals surface area contributed by atoms with Gasteiger partial charge in [-0.25, -0.2) is 0 Å². The second kappa shape index (κ2) is 8.74. The van der Waals surface area contributed by atoms with E-state index < -0.39 is 0 Å². The summed E-state index contributed by atoms with van der Waals surface area (Å²) in [4.78, 5) is 13.9. The number of nitrogens with one attached hydrogen (secondary N) is 1. The van der Waals surface area contributed by atoms with E-state index in [-0.39, 0.29) is 12.0 Å². The molecule has 0 aromatic heterocycles. The van der Waals surface area contributed by atoms with Gasteiger partial charge in [-0.15, -0.1) is 0 Å². The summed E-state index contributed by atoms with van der Waals surface area (Å²) >= 11 is 0. The quantitative estimate of drug-likeness (QED) is 0.784. The molecule has 128 valence electrons. The summed E-state index contributed by atoms with van der Waals surface area (Å²) in [6.45, 7) is 2.37. The van der Waals surface area contributed by atoms with E-state index in [0.29, 0.717) is 13.1 Å². The van der Waals surface area contributed by atoms with Crippen molar-refractivity contribution in [2.45, 2.75) is 25.5 Å². The number of carbonyl (C=O) groups excluding carboxylic acids is 1. The minimum atomic E-state index is 0.0425. The average Bonchev–Trinajstić information content (AvgIpc) is 3.08. The highest BCUT2D eigenvalue weighted by atomic mass is 16.5. The van der Waals surface area contributed by atoms with Crippen LogP contribution in [0.5, 0.6) is 11.5 Å². The Morgan fingerprint density at radius 1 is 1.39 bits per heavy atom. The molecule has 0 bridgehead atoms. The predicted molar refractivity (Wildman–Crippen MR) is 87.9 cm³/mol. The number of amides is 1. The lowest BCUT2D eigenvalue weighted by Crippen LogP contribution is -2.38. The fraction of sp³-hybridized carbons (Fsp3) is 0.588. The third-order valence-electron chi connectivity index (χ3n) is 4.00. The van der Waals surface area contributed by atoms with Gasteiger partial charge in [-0.1, -0.05) is 0 Å². The van der Waals surface area contributed by atoms with Crippen LogP contribution in [0, 0.1) is 0 Å². The first-order valence-corrected chi connectivity index (χ1v) is 7.91. The Morgan fingerprint density at radius 2 is 2.22 bits per heavy atom. The molecule has 0 spiro atoms. The maximum Gasteiger partial charge on any atom is 0.236 e. The van der Waals surface area contributed by atoms with Crippen LogP contribution in [-0.4, -0.2) is 57.9 Å². The van der Waals surface area contributed by atoms with Crippen LogP contribution < -0.4 is 14.8 Å².